The maximum atomic E-state index is 12.8. The van der Waals surface area contributed by atoms with Crippen molar-refractivity contribution in [1.29, 1.82) is 0 Å². The number of rotatable bonds is 6. The van der Waals surface area contributed by atoms with Crippen LogP contribution in [0.3, 0.4) is 0 Å². The van der Waals surface area contributed by atoms with E-state index in [0.717, 1.165) is 11.1 Å². The van der Waals surface area contributed by atoms with Crippen LogP contribution in [0.2, 0.25) is 5.02 Å². The van der Waals surface area contributed by atoms with E-state index in [-0.39, 0.29) is 5.91 Å². The third-order valence-electron chi connectivity index (χ3n) is 4.17. The lowest BCUT2D eigenvalue weighted by molar-refractivity contribution is 0.0957. The normalized spacial score (nSPS) is 11.1. The number of nitrogens with one attached hydrogen (secondary N) is 1. The molecular formula is C22H17ClN4O2. The summed E-state index contributed by atoms with van der Waals surface area (Å²) in [5, 5.41) is 8.09. The minimum Gasteiger partial charge on any atom is -0.461 e. The van der Waals surface area contributed by atoms with E-state index in [1.54, 1.807) is 18.2 Å². The first-order chi connectivity index (χ1) is 14.2. The van der Waals surface area contributed by atoms with Crippen molar-refractivity contribution in [1.82, 2.24) is 14.8 Å². The van der Waals surface area contributed by atoms with Gasteiger partial charge in [-0.2, -0.15) is 9.67 Å². The first kappa shape index (κ1) is 18.7. The zero-order chi connectivity index (χ0) is 20.1. The first-order valence-electron chi connectivity index (χ1n) is 8.96. The predicted octanol–water partition coefficient (Wildman–Crippen LogP) is 5.16. The molecule has 2 aromatic carbocycles. The number of carbonyl (C=O) groups is 1. The van der Waals surface area contributed by atoms with E-state index in [1.165, 1.54) is 17.0 Å². The molecule has 6 nitrogen and oxygen atoms in total. The van der Waals surface area contributed by atoms with Gasteiger partial charge in [0.2, 0.25) is 11.8 Å². The molecule has 0 amide bonds. The molecule has 0 aliphatic carbocycles. The monoisotopic (exact) mass is 404 g/mol. The fraction of sp³-hybridized carbons (Fsp3) is 0.0455. The molecule has 0 aliphatic rings. The topological polar surface area (TPSA) is 73.0 Å². The van der Waals surface area contributed by atoms with Crippen molar-refractivity contribution < 1.29 is 9.21 Å². The molecule has 144 valence electrons. The van der Waals surface area contributed by atoms with Crippen LogP contribution in [0, 0.1) is 0 Å². The highest BCUT2D eigenvalue weighted by molar-refractivity contribution is 6.31. The van der Waals surface area contributed by atoms with Gasteiger partial charge in [0.25, 0.3) is 5.91 Å². The SMILES string of the molecule is O=C(C=Cc1ccccc1)n1nc(-c2ccco2)nc1NCc1ccccc1Cl. The highest BCUT2D eigenvalue weighted by atomic mass is 35.5. The standard InChI is InChI=1S/C22H17ClN4O2/c23-18-10-5-4-9-17(18)15-24-22-25-21(19-11-6-14-29-19)26-27(22)20(28)13-12-16-7-2-1-3-8-16/h1-14H,15H2,(H,24,25,26). The molecule has 0 radical (unpaired) electrons. The van der Waals surface area contributed by atoms with E-state index in [9.17, 15) is 4.79 Å². The minimum absolute atomic E-state index is 0.305. The lowest BCUT2D eigenvalue weighted by atomic mass is 10.2. The van der Waals surface area contributed by atoms with Gasteiger partial charge in [-0.25, -0.2) is 0 Å². The van der Waals surface area contributed by atoms with E-state index in [0.29, 0.717) is 29.1 Å². The van der Waals surface area contributed by atoms with E-state index in [1.807, 2.05) is 54.6 Å². The van der Waals surface area contributed by atoms with Gasteiger partial charge in [0.1, 0.15) is 0 Å². The van der Waals surface area contributed by atoms with Crippen LogP contribution >= 0.6 is 11.6 Å². The van der Waals surface area contributed by atoms with Gasteiger partial charge in [-0.1, -0.05) is 60.1 Å². The average molecular weight is 405 g/mol. The number of hydrogen-bond acceptors (Lipinski definition) is 5. The van der Waals surface area contributed by atoms with Crippen molar-refractivity contribution in [3.63, 3.8) is 0 Å². The molecule has 0 aliphatic heterocycles. The van der Waals surface area contributed by atoms with Crippen LogP contribution < -0.4 is 5.32 Å². The maximum absolute atomic E-state index is 12.8. The molecule has 0 fully saturated rings. The van der Waals surface area contributed by atoms with Crippen molar-refractivity contribution in [3.05, 3.63) is 95.2 Å². The predicted molar refractivity (Wildman–Crippen MR) is 113 cm³/mol. The van der Waals surface area contributed by atoms with Gasteiger partial charge < -0.3 is 9.73 Å². The average Bonchev–Trinajstić information content (AvgIpc) is 3.42. The molecule has 0 bridgehead atoms. The van der Waals surface area contributed by atoms with Crippen LogP contribution in [0.4, 0.5) is 5.95 Å². The molecule has 0 saturated carbocycles. The largest absolute Gasteiger partial charge is 0.461 e. The Balaban J connectivity index is 1.61. The number of furan rings is 1. The summed E-state index contributed by atoms with van der Waals surface area (Å²) < 4.78 is 6.58. The summed E-state index contributed by atoms with van der Waals surface area (Å²) >= 11 is 6.22. The highest BCUT2D eigenvalue weighted by Gasteiger charge is 2.17. The summed E-state index contributed by atoms with van der Waals surface area (Å²) in [5.74, 6) is 0.766. The number of anilines is 1. The summed E-state index contributed by atoms with van der Waals surface area (Å²) in [4.78, 5) is 17.2. The quantitative estimate of drug-likeness (QED) is 0.449. The molecule has 29 heavy (non-hydrogen) atoms. The van der Waals surface area contributed by atoms with Crippen molar-refractivity contribution in [2.24, 2.45) is 0 Å². The second-order valence-electron chi connectivity index (χ2n) is 6.18. The summed E-state index contributed by atoms with van der Waals surface area (Å²) in [7, 11) is 0. The van der Waals surface area contributed by atoms with Gasteiger partial charge in [-0.15, -0.1) is 5.10 Å². The number of carbonyl (C=O) groups excluding carboxylic acids is 1. The molecule has 0 spiro atoms. The number of halogens is 1. The number of allylic oxidation sites excluding steroid dienone is 1. The summed E-state index contributed by atoms with van der Waals surface area (Å²) in [6.45, 7) is 0.394. The van der Waals surface area contributed by atoms with E-state index in [2.05, 4.69) is 15.4 Å². The molecule has 0 saturated heterocycles. The van der Waals surface area contributed by atoms with Gasteiger partial charge in [-0.05, 0) is 35.4 Å². The van der Waals surface area contributed by atoms with Crippen LogP contribution in [0.15, 0.2) is 83.5 Å². The molecule has 2 aromatic heterocycles. The molecule has 1 N–H and O–H groups in total. The lowest BCUT2D eigenvalue weighted by Crippen LogP contribution is -2.14. The van der Waals surface area contributed by atoms with Gasteiger partial charge in [0.15, 0.2) is 5.76 Å². The molecule has 4 rings (SSSR count). The molecular weight excluding hydrogens is 388 g/mol. The number of aromatic nitrogens is 3. The Morgan fingerprint density at radius 1 is 1.07 bits per heavy atom. The van der Waals surface area contributed by atoms with Gasteiger partial charge in [0.05, 0.1) is 6.26 Å². The van der Waals surface area contributed by atoms with E-state index >= 15 is 0 Å². The van der Waals surface area contributed by atoms with Gasteiger partial charge >= 0.3 is 0 Å². The highest BCUT2D eigenvalue weighted by Crippen LogP contribution is 2.20. The van der Waals surface area contributed by atoms with Gasteiger partial charge in [0, 0.05) is 17.6 Å². The Morgan fingerprint density at radius 3 is 2.62 bits per heavy atom. The van der Waals surface area contributed by atoms with E-state index in [4.69, 9.17) is 16.0 Å². The van der Waals surface area contributed by atoms with E-state index < -0.39 is 0 Å². The van der Waals surface area contributed by atoms with Crippen molar-refractivity contribution in [3.8, 4) is 11.6 Å². The molecule has 2 heterocycles. The van der Waals surface area contributed by atoms with Crippen LogP contribution in [-0.4, -0.2) is 20.7 Å². The van der Waals surface area contributed by atoms with Crippen LogP contribution in [0.5, 0.6) is 0 Å². The zero-order valence-electron chi connectivity index (χ0n) is 15.3. The van der Waals surface area contributed by atoms with Gasteiger partial charge in [-0.3, -0.25) is 4.79 Å². The Bertz CT molecular complexity index is 1130. The smallest absolute Gasteiger partial charge is 0.274 e. The van der Waals surface area contributed by atoms with Crippen LogP contribution in [0.25, 0.3) is 17.7 Å². The Morgan fingerprint density at radius 2 is 1.86 bits per heavy atom. The maximum Gasteiger partial charge on any atom is 0.274 e. The third kappa shape index (κ3) is 4.44. The zero-order valence-corrected chi connectivity index (χ0v) is 16.1. The molecule has 0 unspecified atom stereocenters. The van der Waals surface area contributed by atoms with Crippen molar-refractivity contribution in [2.75, 3.05) is 5.32 Å². The summed E-state index contributed by atoms with van der Waals surface area (Å²) in [6.07, 6.45) is 4.72. The molecule has 7 heteroatoms. The molecule has 0 atom stereocenters. The second-order valence-corrected chi connectivity index (χ2v) is 6.58. The third-order valence-corrected chi connectivity index (χ3v) is 4.54. The van der Waals surface area contributed by atoms with Crippen molar-refractivity contribution >= 4 is 29.5 Å². The summed E-state index contributed by atoms with van der Waals surface area (Å²) in [6, 6.07) is 20.5. The minimum atomic E-state index is -0.333. The van der Waals surface area contributed by atoms with Crippen LogP contribution in [0.1, 0.15) is 15.9 Å². The summed E-state index contributed by atoms with van der Waals surface area (Å²) in [5.41, 5.74) is 1.80. The number of benzene rings is 2. The first-order valence-corrected chi connectivity index (χ1v) is 9.34. The van der Waals surface area contributed by atoms with Crippen LogP contribution in [-0.2, 0) is 6.54 Å². The fourth-order valence-electron chi connectivity index (χ4n) is 2.71. The Kier molecular flexibility index (Phi) is 5.54. The number of nitrogens with zero attached hydrogens (tertiary/aromatic N) is 3. The lowest BCUT2D eigenvalue weighted by Gasteiger charge is -2.07. The fourth-order valence-corrected chi connectivity index (χ4v) is 2.91. The molecule has 4 aromatic rings. The Labute approximate surface area is 172 Å². The Hall–Kier alpha value is -3.64. The van der Waals surface area contributed by atoms with Crippen molar-refractivity contribution in [2.45, 2.75) is 6.54 Å². The second kappa shape index (κ2) is 8.58. The number of hydrogen-bond donors (Lipinski definition) is 1.